The number of alkyl halides is 3. The number of halogens is 3. The lowest BCUT2D eigenvalue weighted by Crippen LogP contribution is -2.48. The zero-order chi connectivity index (χ0) is 22.7. The van der Waals surface area contributed by atoms with Crippen LogP contribution in [-0.4, -0.2) is 37.4 Å². The van der Waals surface area contributed by atoms with Gasteiger partial charge >= 0.3 is 6.18 Å². The molecule has 0 radical (unpaired) electrons. The number of nitrogens with one attached hydrogen (secondary N) is 2. The van der Waals surface area contributed by atoms with Crippen LogP contribution in [0.25, 0.3) is 0 Å². The molecule has 5 nitrogen and oxygen atoms in total. The van der Waals surface area contributed by atoms with Gasteiger partial charge in [-0.3, -0.25) is 0 Å². The Hall–Kier alpha value is -2.06. The Morgan fingerprint density at radius 1 is 1.25 bits per heavy atom. The van der Waals surface area contributed by atoms with E-state index in [1.165, 1.54) is 31.8 Å². The van der Waals surface area contributed by atoms with Crippen LogP contribution in [0.5, 0.6) is 5.88 Å². The molecule has 32 heavy (non-hydrogen) atoms. The molecule has 0 aromatic carbocycles. The van der Waals surface area contributed by atoms with Gasteiger partial charge in [-0.1, -0.05) is 25.0 Å². The maximum atomic E-state index is 13.3. The van der Waals surface area contributed by atoms with Crippen molar-refractivity contribution in [2.24, 2.45) is 5.41 Å². The van der Waals surface area contributed by atoms with E-state index in [0.717, 1.165) is 51.3 Å². The van der Waals surface area contributed by atoms with Crippen molar-refractivity contribution in [2.45, 2.75) is 63.3 Å². The summed E-state index contributed by atoms with van der Waals surface area (Å²) in [5, 5.41) is 6.92. The van der Waals surface area contributed by atoms with Crippen molar-refractivity contribution in [3.05, 3.63) is 47.3 Å². The first-order valence-corrected chi connectivity index (χ1v) is 11.4. The first-order valence-electron chi connectivity index (χ1n) is 11.4. The summed E-state index contributed by atoms with van der Waals surface area (Å²) in [6, 6.07) is 1.12. The van der Waals surface area contributed by atoms with Crippen LogP contribution in [0.15, 0.2) is 36.2 Å². The van der Waals surface area contributed by atoms with Gasteiger partial charge in [0.1, 0.15) is 5.56 Å². The van der Waals surface area contributed by atoms with E-state index in [1.807, 2.05) is 0 Å². The topological polar surface area (TPSA) is 55.4 Å². The molecule has 176 valence electrons. The molecule has 1 spiro atoms. The third kappa shape index (κ3) is 4.96. The average molecular weight is 452 g/mol. The maximum Gasteiger partial charge on any atom is 0.421 e. The summed E-state index contributed by atoms with van der Waals surface area (Å²) in [4.78, 5) is 3.84. The molecule has 2 fully saturated rings. The number of nitrogens with zero attached hydrogens (tertiary/aromatic N) is 1. The zero-order valence-electron chi connectivity index (χ0n) is 18.6. The van der Waals surface area contributed by atoms with E-state index >= 15 is 0 Å². The van der Waals surface area contributed by atoms with E-state index in [1.54, 1.807) is 0 Å². The van der Waals surface area contributed by atoms with Crippen LogP contribution in [0.1, 0.15) is 56.1 Å². The average Bonchev–Trinajstić information content (AvgIpc) is 3.24. The number of hydrogen-bond acceptors (Lipinski definition) is 5. The molecule has 0 unspecified atom stereocenters. The summed E-state index contributed by atoms with van der Waals surface area (Å²) < 4.78 is 50.9. The maximum absolute atomic E-state index is 13.3. The van der Waals surface area contributed by atoms with E-state index in [9.17, 15) is 13.2 Å². The van der Waals surface area contributed by atoms with Gasteiger partial charge in [-0.2, -0.15) is 13.2 Å². The summed E-state index contributed by atoms with van der Waals surface area (Å²) in [6.07, 6.45) is 10.8. The van der Waals surface area contributed by atoms with Gasteiger partial charge in [0.2, 0.25) is 5.88 Å². The normalized spacial score (nSPS) is 24.9. The minimum absolute atomic E-state index is 0.00433. The van der Waals surface area contributed by atoms with Crippen LogP contribution in [0, 0.1) is 5.41 Å². The monoisotopic (exact) mass is 451 g/mol. The smallest absolute Gasteiger partial charge is 0.421 e. The van der Waals surface area contributed by atoms with E-state index in [0.29, 0.717) is 18.7 Å². The van der Waals surface area contributed by atoms with Crippen LogP contribution in [0.2, 0.25) is 0 Å². The highest BCUT2D eigenvalue weighted by Crippen LogP contribution is 2.51. The number of ether oxygens (including phenoxy) is 2. The standard InChI is InChI=1S/C24H32F3N3O2/c1-31-21-19(24(25,26)27)14-18(16-30-21)15-28-12-9-22(20-6-2-5-11-29-20)10-13-32-23(17-22)7-3-4-8-23/h2,5-6,14,16,28-29H,3-4,7-13,15,17H2,1H3/t22-/m1/s1. The van der Waals surface area contributed by atoms with Gasteiger partial charge < -0.3 is 20.1 Å². The number of hydrogen-bond donors (Lipinski definition) is 2. The largest absolute Gasteiger partial charge is 0.481 e. The Labute approximate surface area is 187 Å². The summed E-state index contributed by atoms with van der Waals surface area (Å²) in [6.45, 7) is 2.60. The van der Waals surface area contributed by atoms with Crippen molar-refractivity contribution in [1.29, 1.82) is 0 Å². The number of aromatic nitrogens is 1. The molecule has 1 aliphatic carbocycles. The molecule has 1 saturated carbocycles. The molecule has 2 aliphatic heterocycles. The van der Waals surface area contributed by atoms with Gasteiger partial charge in [-0.15, -0.1) is 0 Å². The predicted molar refractivity (Wildman–Crippen MR) is 116 cm³/mol. The Morgan fingerprint density at radius 2 is 2.06 bits per heavy atom. The highest BCUT2D eigenvalue weighted by molar-refractivity contribution is 5.32. The molecular weight excluding hydrogens is 419 g/mol. The minimum atomic E-state index is -4.50. The second-order valence-electron chi connectivity index (χ2n) is 9.16. The van der Waals surface area contributed by atoms with Gasteiger partial charge in [-0.25, -0.2) is 4.98 Å². The first kappa shape index (κ1) is 23.1. The lowest BCUT2D eigenvalue weighted by atomic mass is 9.67. The van der Waals surface area contributed by atoms with Gasteiger partial charge in [0.15, 0.2) is 0 Å². The van der Waals surface area contributed by atoms with E-state index in [4.69, 9.17) is 9.47 Å². The van der Waals surface area contributed by atoms with Crippen molar-refractivity contribution in [3.8, 4) is 5.88 Å². The van der Waals surface area contributed by atoms with E-state index in [2.05, 4.69) is 33.8 Å². The highest BCUT2D eigenvalue weighted by Gasteiger charge is 2.48. The molecule has 1 aromatic rings. The Morgan fingerprint density at radius 3 is 2.75 bits per heavy atom. The van der Waals surface area contributed by atoms with Crippen molar-refractivity contribution in [1.82, 2.24) is 15.6 Å². The van der Waals surface area contributed by atoms with Gasteiger partial charge in [-0.05, 0) is 56.4 Å². The number of allylic oxidation sites excluding steroid dienone is 3. The summed E-state index contributed by atoms with van der Waals surface area (Å²) >= 11 is 0. The minimum Gasteiger partial charge on any atom is -0.481 e. The molecule has 1 aromatic heterocycles. The van der Waals surface area contributed by atoms with E-state index < -0.39 is 17.6 Å². The fraction of sp³-hybridized carbons (Fsp3) is 0.625. The molecule has 2 N–H and O–H groups in total. The van der Waals surface area contributed by atoms with Gasteiger partial charge in [0, 0.05) is 37.0 Å². The summed E-state index contributed by atoms with van der Waals surface area (Å²) in [5.74, 6) is -0.396. The second-order valence-corrected chi connectivity index (χ2v) is 9.16. The fourth-order valence-corrected chi connectivity index (χ4v) is 5.48. The predicted octanol–water partition coefficient (Wildman–Crippen LogP) is 4.74. The second kappa shape index (κ2) is 9.43. The molecule has 0 bridgehead atoms. The van der Waals surface area contributed by atoms with Crippen LogP contribution in [-0.2, 0) is 17.5 Å². The molecule has 8 heteroatoms. The van der Waals surface area contributed by atoms with Gasteiger partial charge in [0.05, 0.1) is 12.7 Å². The zero-order valence-corrected chi connectivity index (χ0v) is 18.6. The Balaban J connectivity index is 1.43. The fourth-order valence-electron chi connectivity index (χ4n) is 5.48. The quantitative estimate of drug-likeness (QED) is 0.587. The summed E-state index contributed by atoms with van der Waals surface area (Å²) in [5.41, 5.74) is 0.886. The van der Waals surface area contributed by atoms with Crippen molar-refractivity contribution >= 4 is 0 Å². The number of rotatable bonds is 7. The Bertz CT molecular complexity index is 863. The first-order chi connectivity index (χ1) is 15.4. The number of dihydropyridines is 1. The van der Waals surface area contributed by atoms with Crippen molar-refractivity contribution < 1.29 is 22.6 Å². The van der Waals surface area contributed by atoms with Crippen molar-refractivity contribution in [2.75, 3.05) is 26.8 Å². The third-order valence-corrected chi connectivity index (χ3v) is 7.06. The molecular formula is C24H32F3N3O2. The Kier molecular flexibility index (Phi) is 6.81. The molecule has 3 heterocycles. The molecule has 1 saturated heterocycles. The number of pyridine rings is 1. The molecule has 4 rings (SSSR count). The van der Waals surface area contributed by atoms with E-state index in [-0.39, 0.29) is 11.0 Å². The van der Waals surface area contributed by atoms with Crippen LogP contribution in [0.3, 0.4) is 0 Å². The third-order valence-electron chi connectivity index (χ3n) is 7.06. The lowest BCUT2D eigenvalue weighted by Gasteiger charge is -2.48. The SMILES string of the molecule is COc1ncc(CNCC[C@@]2(C3=CC=CCN3)CCOC3(CCCC3)C2)cc1C(F)(F)F. The summed E-state index contributed by atoms with van der Waals surface area (Å²) in [7, 11) is 1.20. The highest BCUT2D eigenvalue weighted by atomic mass is 19.4. The lowest BCUT2D eigenvalue weighted by molar-refractivity contribution is -0.139. The van der Waals surface area contributed by atoms with Gasteiger partial charge in [0.25, 0.3) is 0 Å². The number of methoxy groups -OCH3 is 1. The molecule has 3 aliphatic rings. The molecule has 0 amide bonds. The van der Waals surface area contributed by atoms with Crippen LogP contribution in [0.4, 0.5) is 13.2 Å². The van der Waals surface area contributed by atoms with Crippen LogP contribution < -0.4 is 15.4 Å². The van der Waals surface area contributed by atoms with Crippen molar-refractivity contribution in [3.63, 3.8) is 0 Å². The molecule has 1 atom stereocenters. The van der Waals surface area contributed by atoms with Crippen LogP contribution >= 0.6 is 0 Å².